The number of morpholine rings is 1. The molecule has 114 valence electrons. The molecule has 1 fully saturated rings. The third-order valence-electron chi connectivity index (χ3n) is 3.48. The summed E-state index contributed by atoms with van der Waals surface area (Å²) in [7, 11) is 1.63. The monoisotopic (exact) mass is 289 g/mol. The first kappa shape index (κ1) is 15.8. The van der Waals surface area contributed by atoms with Gasteiger partial charge in [0.1, 0.15) is 12.4 Å². The van der Waals surface area contributed by atoms with Crippen LogP contribution in [0.2, 0.25) is 0 Å². The van der Waals surface area contributed by atoms with Crippen molar-refractivity contribution in [3.05, 3.63) is 29.3 Å². The zero-order valence-electron chi connectivity index (χ0n) is 13.0. The molecule has 4 heteroatoms. The Morgan fingerprint density at radius 3 is 2.90 bits per heavy atom. The molecule has 0 saturated carbocycles. The van der Waals surface area contributed by atoms with E-state index in [9.17, 15) is 0 Å². The average molecular weight is 289 g/mol. The molecule has 0 spiro atoms. The predicted octanol–water partition coefficient (Wildman–Crippen LogP) is 1.65. The minimum absolute atomic E-state index is 0.0930. The van der Waals surface area contributed by atoms with E-state index in [1.165, 1.54) is 5.56 Å². The lowest BCUT2D eigenvalue weighted by atomic mass is 10.1. The molecule has 1 N–H and O–H groups in total. The Balaban J connectivity index is 2.13. The molecular weight excluding hydrogens is 266 g/mol. The van der Waals surface area contributed by atoms with Gasteiger partial charge in [0.25, 0.3) is 0 Å². The summed E-state index contributed by atoms with van der Waals surface area (Å²) in [6, 6.07) is 6.03. The normalized spacial score (nSPS) is 17.9. The smallest absolute Gasteiger partial charge is 0.134 e. The fraction of sp³-hybridized carbons (Fsp3) is 0.529. The Kier molecular flexibility index (Phi) is 5.24. The van der Waals surface area contributed by atoms with Gasteiger partial charge in [0.05, 0.1) is 24.9 Å². The SMILES string of the molecule is COc1ccc(CN2CCOC(C)(C)C2)cc1C#CCO. The van der Waals surface area contributed by atoms with E-state index in [4.69, 9.17) is 14.6 Å². The lowest BCUT2D eigenvalue weighted by Gasteiger charge is -2.38. The first-order valence-corrected chi connectivity index (χ1v) is 7.17. The summed E-state index contributed by atoms with van der Waals surface area (Å²) in [5.41, 5.74) is 1.91. The molecule has 0 amide bonds. The summed E-state index contributed by atoms with van der Waals surface area (Å²) in [5.74, 6) is 6.35. The van der Waals surface area contributed by atoms with Gasteiger partial charge in [-0.1, -0.05) is 17.9 Å². The molecule has 1 saturated heterocycles. The summed E-state index contributed by atoms with van der Waals surface area (Å²) in [6.45, 7) is 7.57. The molecule has 1 aromatic carbocycles. The highest BCUT2D eigenvalue weighted by molar-refractivity contribution is 5.48. The maximum Gasteiger partial charge on any atom is 0.134 e. The van der Waals surface area contributed by atoms with Gasteiger partial charge in [-0.05, 0) is 31.5 Å². The number of benzene rings is 1. The van der Waals surface area contributed by atoms with Crippen LogP contribution in [0.1, 0.15) is 25.0 Å². The number of ether oxygens (including phenoxy) is 2. The highest BCUT2D eigenvalue weighted by Gasteiger charge is 2.27. The van der Waals surface area contributed by atoms with E-state index in [0.717, 1.165) is 37.6 Å². The van der Waals surface area contributed by atoms with Crippen LogP contribution in [0.5, 0.6) is 5.75 Å². The van der Waals surface area contributed by atoms with E-state index in [0.29, 0.717) is 0 Å². The van der Waals surface area contributed by atoms with Crippen LogP contribution in [0.4, 0.5) is 0 Å². The fourth-order valence-electron chi connectivity index (χ4n) is 2.59. The number of aliphatic hydroxyl groups excluding tert-OH is 1. The highest BCUT2D eigenvalue weighted by atomic mass is 16.5. The largest absolute Gasteiger partial charge is 0.495 e. The number of hydrogen-bond donors (Lipinski definition) is 1. The van der Waals surface area contributed by atoms with Crippen LogP contribution in [0, 0.1) is 11.8 Å². The van der Waals surface area contributed by atoms with Crippen LogP contribution in [-0.2, 0) is 11.3 Å². The van der Waals surface area contributed by atoms with E-state index in [1.54, 1.807) is 7.11 Å². The molecule has 1 aromatic rings. The Hall–Kier alpha value is -1.54. The molecule has 0 radical (unpaired) electrons. The van der Waals surface area contributed by atoms with E-state index < -0.39 is 0 Å². The summed E-state index contributed by atoms with van der Waals surface area (Å²) >= 11 is 0. The molecule has 21 heavy (non-hydrogen) atoms. The van der Waals surface area contributed by atoms with Gasteiger partial charge in [0.2, 0.25) is 0 Å². The molecule has 1 heterocycles. The van der Waals surface area contributed by atoms with Gasteiger partial charge in [-0.3, -0.25) is 4.90 Å². The Morgan fingerprint density at radius 2 is 2.24 bits per heavy atom. The van der Waals surface area contributed by atoms with Crippen LogP contribution in [0.3, 0.4) is 0 Å². The van der Waals surface area contributed by atoms with Crippen molar-refractivity contribution in [1.29, 1.82) is 0 Å². The zero-order chi connectivity index (χ0) is 15.3. The summed E-state index contributed by atoms with van der Waals surface area (Å²) in [4.78, 5) is 2.38. The zero-order valence-corrected chi connectivity index (χ0v) is 13.0. The van der Waals surface area contributed by atoms with Gasteiger partial charge in [-0.2, -0.15) is 0 Å². The Morgan fingerprint density at radius 1 is 1.43 bits per heavy atom. The standard InChI is InChI=1S/C17H23NO3/c1-17(2)13-18(8-10-21-17)12-14-6-7-16(20-3)15(11-14)5-4-9-19/h6-7,11,19H,8-10,12-13H2,1-3H3. The lowest BCUT2D eigenvalue weighted by Crippen LogP contribution is -2.47. The Labute approximate surface area is 126 Å². The van der Waals surface area contributed by atoms with Crippen molar-refractivity contribution in [2.45, 2.75) is 26.0 Å². The van der Waals surface area contributed by atoms with Crippen molar-refractivity contribution in [3.8, 4) is 17.6 Å². The average Bonchev–Trinajstić information content (AvgIpc) is 2.44. The van der Waals surface area contributed by atoms with E-state index >= 15 is 0 Å². The number of hydrogen-bond acceptors (Lipinski definition) is 4. The van der Waals surface area contributed by atoms with Gasteiger partial charge in [-0.15, -0.1) is 0 Å². The summed E-state index contributed by atoms with van der Waals surface area (Å²) < 4.78 is 11.0. The summed E-state index contributed by atoms with van der Waals surface area (Å²) in [6.07, 6.45) is 0. The van der Waals surface area contributed by atoms with Crippen LogP contribution in [0.25, 0.3) is 0 Å². The quantitative estimate of drug-likeness (QED) is 0.859. The first-order valence-electron chi connectivity index (χ1n) is 7.17. The lowest BCUT2D eigenvalue weighted by molar-refractivity contribution is -0.0882. The van der Waals surface area contributed by atoms with Crippen LogP contribution in [-0.4, -0.2) is 49.0 Å². The second-order valence-electron chi connectivity index (χ2n) is 5.81. The first-order chi connectivity index (χ1) is 10.0. The molecule has 0 atom stereocenters. The van der Waals surface area contributed by atoms with Crippen molar-refractivity contribution in [2.24, 2.45) is 0 Å². The van der Waals surface area contributed by atoms with Crippen molar-refractivity contribution in [1.82, 2.24) is 4.90 Å². The highest BCUT2D eigenvalue weighted by Crippen LogP contribution is 2.22. The maximum atomic E-state index is 8.84. The van der Waals surface area contributed by atoms with Gasteiger partial charge >= 0.3 is 0 Å². The molecule has 4 nitrogen and oxygen atoms in total. The van der Waals surface area contributed by atoms with Crippen molar-refractivity contribution in [3.63, 3.8) is 0 Å². The third-order valence-corrected chi connectivity index (χ3v) is 3.48. The van der Waals surface area contributed by atoms with Crippen molar-refractivity contribution in [2.75, 3.05) is 33.4 Å². The van der Waals surface area contributed by atoms with Crippen LogP contribution >= 0.6 is 0 Å². The van der Waals surface area contributed by atoms with E-state index in [-0.39, 0.29) is 12.2 Å². The molecule has 0 bridgehead atoms. The van der Waals surface area contributed by atoms with Crippen molar-refractivity contribution < 1.29 is 14.6 Å². The molecule has 2 rings (SSSR count). The van der Waals surface area contributed by atoms with Gasteiger partial charge < -0.3 is 14.6 Å². The summed E-state index contributed by atoms with van der Waals surface area (Å²) in [5, 5.41) is 8.84. The predicted molar refractivity (Wildman–Crippen MR) is 82.3 cm³/mol. The van der Waals surface area contributed by atoms with Crippen LogP contribution < -0.4 is 4.74 Å². The Bertz CT molecular complexity index is 543. The van der Waals surface area contributed by atoms with Gasteiger partial charge in [0, 0.05) is 19.6 Å². The van der Waals surface area contributed by atoms with Gasteiger partial charge in [0.15, 0.2) is 0 Å². The number of aliphatic hydroxyl groups is 1. The molecule has 0 unspecified atom stereocenters. The molecule has 0 aliphatic carbocycles. The number of methoxy groups -OCH3 is 1. The second-order valence-corrected chi connectivity index (χ2v) is 5.81. The topological polar surface area (TPSA) is 41.9 Å². The van der Waals surface area contributed by atoms with E-state index in [2.05, 4.69) is 36.7 Å². The third kappa shape index (κ3) is 4.47. The molecule has 1 aliphatic rings. The van der Waals surface area contributed by atoms with Gasteiger partial charge in [-0.25, -0.2) is 0 Å². The number of nitrogens with zero attached hydrogens (tertiary/aromatic N) is 1. The fourth-order valence-corrected chi connectivity index (χ4v) is 2.59. The molecule has 1 aliphatic heterocycles. The molecule has 0 aromatic heterocycles. The van der Waals surface area contributed by atoms with Crippen LogP contribution in [0.15, 0.2) is 18.2 Å². The minimum atomic E-state index is -0.148. The minimum Gasteiger partial charge on any atom is -0.495 e. The second kappa shape index (κ2) is 6.95. The maximum absolute atomic E-state index is 8.84. The number of rotatable bonds is 3. The van der Waals surface area contributed by atoms with E-state index in [1.807, 2.05) is 12.1 Å². The van der Waals surface area contributed by atoms with Crippen molar-refractivity contribution >= 4 is 0 Å². The molecular formula is C17H23NO3.